The second-order valence-electron chi connectivity index (χ2n) is 4.45. The molecule has 2 atom stereocenters. The number of carboxylic acids is 1. The van der Waals surface area contributed by atoms with Gasteiger partial charge >= 0.3 is 5.97 Å². The third-order valence-corrected chi connectivity index (χ3v) is 3.28. The topological polar surface area (TPSA) is 55.8 Å². The molecule has 0 spiro atoms. The van der Waals surface area contributed by atoms with E-state index < -0.39 is 24.0 Å². The smallest absolute Gasteiger partial charge is 0.336 e. The van der Waals surface area contributed by atoms with Gasteiger partial charge in [0.05, 0.1) is 0 Å². The van der Waals surface area contributed by atoms with Crippen molar-refractivity contribution in [3.63, 3.8) is 0 Å². The van der Waals surface area contributed by atoms with Crippen molar-refractivity contribution in [2.75, 3.05) is 0 Å². The molecule has 0 radical (unpaired) electrons. The lowest BCUT2D eigenvalue weighted by atomic mass is 10.0. The molecule has 98 valence electrons. The number of halogens is 2. The summed E-state index contributed by atoms with van der Waals surface area (Å²) in [6.07, 6.45) is -1.95. The summed E-state index contributed by atoms with van der Waals surface area (Å²) in [5.74, 6) is -2.10. The van der Waals surface area contributed by atoms with Crippen molar-refractivity contribution < 1.29 is 19.4 Å². The zero-order chi connectivity index (χ0) is 13.5. The summed E-state index contributed by atoms with van der Waals surface area (Å²) in [6, 6.07) is 4.96. The van der Waals surface area contributed by atoms with Gasteiger partial charge in [0.1, 0.15) is 6.10 Å². The maximum Gasteiger partial charge on any atom is 0.336 e. The first-order chi connectivity index (χ1) is 8.32. The van der Waals surface area contributed by atoms with Gasteiger partial charge < -0.3 is 14.6 Å². The third-order valence-electron chi connectivity index (χ3n) is 2.62. The van der Waals surface area contributed by atoms with Crippen molar-refractivity contribution in [2.24, 2.45) is 0 Å². The van der Waals surface area contributed by atoms with E-state index in [9.17, 15) is 4.79 Å². The average molecular weight is 291 g/mol. The zero-order valence-corrected chi connectivity index (χ0v) is 11.3. The van der Waals surface area contributed by atoms with Gasteiger partial charge in [-0.05, 0) is 26.0 Å². The molecule has 0 bridgehead atoms. The molecular weight excluding hydrogens is 279 g/mol. The Morgan fingerprint density at radius 3 is 2.33 bits per heavy atom. The number of aliphatic carboxylic acids is 1. The summed E-state index contributed by atoms with van der Waals surface area (Å²) < 4.78 is 10.9. The van der Waals surface area contributed by atoms with Gasteiger partial charge in [0.2, 0.25) is 0 Å². The Bertz CT molecular complexity index is 467. The maximum atomic E-state index is 11.2. The first-order valence-electron chi connectivity index (χ1n) is 5.34. The summed E-state index contributed by atoms with van der Waals surface area (Å²) in [6.45, 7) is 3.29. The number of hydrogen-bond acceptors (Lipinski definition) is 3. The van der Waals surface area contributed by atoms with Gasteiger partial charge in [-0.3, -0.25) is 0 Å². The molecule has 1 saturated heterocycles. The van der Waals surface area contributed by atoms with Crippen molar-refractivity contribution >= 4 is 29.2 Å². The van der Waals surface area contributed by atoms with Crippen molar-refractivity contribution in [1.29, 1.82) is 0 Å². The summed E-state index contributed by atoms with van der Waals surface area (Å²) >= 11 is 12.1. The molecule has 4 nitrogen and oxygen atoms in total. The van der Waals surface area contributed by atoms with Crippen LogP contribution in [0.5, 0.6) is 0 Å². The number of carboxylic acid groups (broad SMARTS) is 1. The number of rotatable bonds is 2. The highest BCUT2D eigenvalue weighted by Gasteiger charge is 2.47. The van der Waals surface area contributed by atoms with Gasteiger partial charge in [-0.25, -0.2) is 4.79 Å². The lowest BCUT2D eigenvalue weighted by Gasteiger charge is -2.18. The normalized spacial score (nSPS) is 26.2. The molecule has 0 amide bonds. The van der Waals surface area contributed by atoms with Gasteiger partial charge in [0, 0.05) is 15.6 Å². The predicted molar refractivity (Wildman–Crippen MR) is 66.9 cm³/mol. The minimum atomic E-state index is -1.13. The molecule has 2 rings (SSSR count). The highest BCUT2D eigenvalue weighted by Crippen LogP contribution is 2.43. The lowest BCUT2D eigenvalue weighted by molar-refractivity contribution is -0.165. The fourth-order valence-electron chi connectivity index (χ4n) is 1.94. The third kappa shape index (κ3) is 2.47. The Hall–Kier alpha value is -0.810. The Kier molecular flexibility index (Phi) is 3.56. The Morgan fingerprint density at radius 2 is 1.83 bits per heavy atom. The minimum Gasteiger partial charge on any atom is -0.479 e. The van der Waals surface area contributed by atoms with E-state index in [0.717, 1.165) is 0 Å². The summed E-state index contributed by atoms with van der Waals surface area (Å²) in [4.78, 5) is 11.2. The van der Waals surface area contributed by atoms with Crippen LogP contribution in [0, 0.1) is 0 Å². The monoisotopic (exact) mass is 290 g/mol. The standard InChI is InChI=1S/C12H12Cl2O4/c1-12(2)17-9(10(18-12)11(15)16)8-6(13)4-3-5-7(8)14/h3-5,9-10H,1-2H3,(H,15,16). The van der Waals surface area contributed by atoms with E-state index in [1.54, 1.807) is 32.0 Å². The molecule has 6 heteroatoms. The Labute approximate surface area is 114 Å². The van der Waals surface area contributed by atoms with Crippen molar-refractivity contribution in [3.05, 3.63) is 33.8 Å². The molecule has 0 saturated carbocycles. The van der Waals surface area contributed by atoms with E-state index in [0.29, 0.717) is 15.6 Å². The first-order valence-corrected chi connectivity index (χ1v) is 6.10. The Balaban J connectivity index is 2.45. The van der Waals surface area contributed by atoms with Crippen LogP contribution in [-0.2, 0) is 14.3 Å². The van der Waals surface area contributed by atoms with Crippen LogP contribution in [0.2, 0.25) is 10.0 Å². The van der Waals surface area contributed by atoms with E-state index in [-0.39, 0.29) is 0 Å². The molecule has 18 heavy (non-hydrogen) atoms. The van der Waals surface area contributed by atoms with Gasteiger partial charge in [-0.15, -0.1) is 0 Å². The second-order valence-corrected chi connectivity index (χ2v) is 5.26. The largest absolute Gasteiger partial charge is 0.479 e. The van der Waals surface area contributed by atoms with Crippen LogP contribution < -0.4 is 0 Å². The summed E-state index contributed by atoms with van der Waals surface area (Å²) in [7, 11) is 0. The number of benzene rings is 1. The van der Waals surface area contributed by atoms with E-state index in [1.807, 2.05) is 0 Å². The van der Waals surface area contributed by atoms with Gasteiger partial charge in [-0.1, -0.05) is 29.3 Å². The van der Waals surface area contributed by atoms with Gasteiger partial charge in [0.15, 0.2) is 11.9 Å². The van der Waals surface area contributed by atoms with Gasteiger partial charge in [-0.2, -0.15) is 0 Å². The van der Waals surface area contributed by atoms with Gasteiger partial charge in [0.25, 0.3) is 0 Å². The van der Waals surface area contributed by atoms with Crippen molar-refractivity contribution in [1.82, 2.24) is 0 Å². The Morgan fingerprint density at radius 1 is 1.28 bits per heavy atom. The van der Waals surface area contributed by atoms with Crippen LogP contribution in [0.15, 0.2) is 18.2 Å². The molecule has 1 aliphatic rings. The maximum absolute atomic E-state index is 11.2. The van der Waals surface area contributed by atoms with Crippen molar-refractivity contribution in [3.8, 4) is 0 Å². The van der Waals surface area contributed by atoms with Crippen LogP contribution in [0.3, 0.4) is 0 Å². The number of ether oxygens (including phenoxy) is 2. The summed E-state index contributed by atoms with van der Waals surface area (Å²) in [5, 5.41) is 9.89. The van der Waals surface area contributed by atoms with Crippen LogP contribution in [0.4, 0.5) is 0 Å². The van der Waals surface area contributed by atoms with Crippen molar-refractivity contribution in [2.45, 2.75) is 31.8 Å². The number of hydrogen-bond donors (Lipinski definition) is 1. The highest BCUT2D eigenvalue weighted by atomic mass is 35.5. The van der Waals surface area contributed by atoms with E-state index in [4.69, 9.17) is 37.8 Å². The van der Waals surface area contributed by atoms with E-state index >= 15 is 0 Å². The number of carbonyl (C=O) groups is 1. The van der Waals surface area contributed by atoms with Crippen LogP contribution in [0.25, 0.3) is 0 Å². The molecule has 1 fully saturated rings. The van der Waals surface area contributed by atoms with Crippen LogP contribution in [-0.4, -0.2) is 23.0 Å². The van der Waals surface area contributed by atoms with E-state index in [1.165, 1.54) is 0 Å². The molecule has 0 aromatic heterocycles. The zero-order valence-electron chi connectivity index (χ0n) is 9.81. The van der Waals surface area contributed by atoms with Crippen LogP contribution in [0.1, 0.15) is 25.5 Å². The molecule has 1 aromatic rings. The molecule has 1 heterocycles. The lowest BCUT2D eigenvalue weighted by Crippen LogP contribution is -2.27. The average Bonchev–Trinajstić information content (AvgIpc) is 2.54. The highest BCUT2D eigenvalue weighted by molar-refractivity contribution is 6.36. The molecule has 1 N–H and O–H groups in total. The minimum absolute atomic E-state index is 0.361. The van der Waals surface area contributed by atoms with E-state index in [2.05, 4.69) is 0 Å². The molecule has 0 aliphatic carbocycles. The molecule has 1 aliphatic heterocycles. The fraction of sp³-hybridized carbons (Fsp3) is 0.417. The molecular formula is C12H12Cl2O4. The molecule has 1 aromatic carbocycles. The summed E-state index contributed by atoms with van der Waals surface area (Å²) in [5.41, 5.74) is 0.443. The SMILES string of the molecule is CC1(C)OC(C(=O)O)C(c2c(Cl)cccc2Cl)O1. The predicted octanol–water partition coefficient (Wildman–Crippen LogP) is 3.27. The molecule has 2 unspecified atom stereocenters. The quantitative estimate of drug-likeness (QED) is 0.908. The van der Waals surface area contributed by atoms with Crippen LogP contribution >= 0.6 is 23.2 Å². The second kappa shape index (κ2) is 4.70. The first kappa shape index (κ1) is 13.6. The fourth-order valence-corrected chi connectivity index (χ4v) is 2.55.